The standard InChI is InChI=1S/C18H22FN5O/c19-14-7-5-13(6-8-14)17-20-18(22-21-17)15-4-3-11-24(15)12-16(25)23-9-1-2-10-23/h5-8,15H,1-4,9-12H2,(H,20,21,22). The van der Waals surface area contributed by atoms with Crippen molar-refractivity contribution in [3.63, 3.8) is 0 Å². The van der Waals surface area contributed by atoms with Gasteiger partial charge in [0.25, 0.3) is 0 Å². The van der Waals surface area contributed by atoms with E-state index in [0.29, 0.717) is 12.4 Å². The van der Waals surface area contributed by atoms with E-state index >= 15 is 0 Å². The van der Waals surface area contributed by atoms with Crippen molar-refractivity contribution >= 4 is 5.91 Å². The number of H-pyrrole nitrogens is 1. The van der Waals surface area contributed by atoms with Crippen LogP contribution in [-0.2, 0) is 4.79 Å². The summed E-state index contributed by atoms with van der Waals surface area (Å²) < 4.78 is 13.1. The molecule has 1 atom stereocenters. The highest BCUT2D eigenvalue weighted by atomic mass is 19.1. The molecule has 1 N–H and O–H groups in total. The molecule has 3 heterocycles. The minimum atomic E-state index is -0.276. The molecule has 0 spiro atoms. The predicted molar refractivity (Wildman–Crippen MR) is 91.1 cm³/mol. The van der Waals surface area contributed by atoms with Gasteiger partial charge in [-0.2, -0.15) is 5.10 Å². The molecular weight excluding hydrogens is 321 g/mol. The first-order valence-electron chi connectivity index (χ1n) is 8.91. The van der Waals surface area contributed by atoms with Crippen LogP contribution in [0.5, 0.6) is 0 Å². The molecule has 2 aromatic rings. The molecule has 1 aromatic carbocycles. The van der Waals surface area contributed by atoms with Crippen molar-refractivity contribution in [2.75, 3.05) is 26.2 Å². The molecule has 132 valence electrons. The molecule has 0 radical (unpaired) electrons. The molecule has 2 saturated heterocycles. The Morgan fingerprint density at radius 2 is 1.92 bits per heavy atom. The maximum absolute atomic E-state index is 13.1. The predicted octanol–water partition coefficient (Wildman–Crippen LogP) is 2.37. The fourth-order valence-corrected chi connectivity index (χ4v) is 3.72. The summed E-state index contributed by atoms with van der Waals surface area (Å²) in [7, 11) is 0. The van der Waals surface area contributed by atoms with E-state index in [1.807, 2.05) is 4.90 Å². The quantitative estimate of drug-likeness (QED) is 0.926. The molecule has 25 heavy (non-hydrogen) atoms. The number of likely N-dealkylation sites (tertiary alicyclic amines) is 2. The number of hydrogen-bond donors (Lipinski definition) is 1. The van der Waals surface area contributed by atoms with E-state index in [2.05, 4.69) is 20.1 Å². The Morgan fingerprint density at radius 1 is 1.16 bits per heavy atom. The molecule has 2 fully saturated rings. The van der Waals surface area contributed by atoms with Gasteiger partial charge in [-0.25, -0.2) is 9.37 Å². The van der Waals surface area contributed by atoms with Crippen molar-refractivity contribution < 1.29 is 9.18 Å². The maximum Gasteiger partial charge on any atom is 0.236 e. The van der Waals surface area contributed by atoms with Crippen LogP contribution in [-0.4, -0.2) is 57.1 Å². The number of halogens is 1. The summed E-state index contributed by atoms with van der Waals surface area (Å²) in [6.45, 7) is 3.11. The molecule has 0 bridgehead atoms. The Balaban J connectivity index is 1.47. The highest BCUT2D eigenvalue weighted by Gasteiger charge is 2.31. The van der Waals surface area contributed by atoms with Gasteiger partial charge in [-0.1, -0.05) is 0 Å². The molecule has 1 aromatic heterocycles. The third-order valence-corrected chi connectivity index (χ3v) is 5.08. The number of nitrogens with zero attached hydrogens (tertiary/aromatic N) is 4. The number of aromatic nitrogens is 3. The van der Waals surface area contributed by atoms with Crippen molar-refractivity contribution in [1.29, 1.82) is 0 Å². The number of rotatable bonds is 4. The van der Waals surface area contributed by atoms with Crippen molar-refractivity contribution in [3.05, 3.63) is 35.9 Å². The first-order chi connectivity index (χ1) is 12.2. The molecule has 7 heteroatoms. The summed E-state index contributed by atoms with van der Waals surface area (Å²) in [5.74, 6) is 1.28. The van der Waals surface area contributed by atoms with Crippen LogP contribution in [0.25, 0.3) is 11.4 Å². The number of carbonyl (C=O) groups is 1. The van der Waals surface area contributed by atoms with E-state index in [-0.39, 0.29) is 17.8 Å². The lowest BCUT2D eigenvalue weighted by Crippen LogP contribution is -2.38. The van der Waals surface area contributed by atoms with Crippen LogP contribution in [0.4, 0.5) is 4.39 Å². The average molecular weight is 343 g/mol. The number of benzene rings is 1. The summed E-state index contributed by atoms with van der Waals surface area (Å²) >= 11 is 0. The lowest BCUT2D eigenvalue weighted by Gasteiger charge is -2.24. The zero-order valence-corrected chi connectivity index (χ0v) is 14.1. The minimum Gasteiger partial charge on any atom is -0.342 e. The van der Waals surface area contributed by atoms with Crippen molar-refractivity contribution in [2.24, 2.45) is 0 Å². The molecule has 2 aliphatic rings. The van der Waals surface area contributed by atoms with Gasteiger partial charge in [0, 0.05) is 18.7 Å². The van der Waals surface area contributed by atoms with Gasteiger partial charge in [-0.15, -0.1) is 0 Å². The van der Waals surface area contributed by atoms with E-state index < -0.39 is 0 Å². The van der Waals surface area contributed by atoms with Crippen LogP contribution in [0, 0.1) is 5.82 Å². The SMILES string of the molecule is O=C(CN1CCCC1c1nc(-c2ccc(F)cc2)n[nH]1)N1CCCC1. The van der Waals surface area contributed by atoms with E-state index in [0.717, 1.165) is 56.7 Å². The Morgan fingerprint density at radius 3 is 2.68 bits per heavy atom. The fourth-order valence-electron chi connectivity index (χ4n) is 3.72. The zero-order chi connectivity index (χ0) is 17.2. The van der Waals surface area contributed by atoms with Crippen LogP contribution in [0.1, 0.15) is 37.5 Å². The van der Waals surface area contributed by atoms with Gasteiger partial charge < -0.3 is 4.90 Å². The van der Waals surface area contributed by atoms with Crippen molar-refractivity contribution in [1.82, 2.24) is 25.0 Å². The Hall–Kier alpha value is -2.28. The monoisotopic (exact) mass is 343 g/mol. The van der Waals surface area contributed by atoms with Gasteiger partial charge in [0.15, 0.2) is 5.82 Å². The number of nitrogens with one attached hydrogen (secondary N) is 1. The molecule has 0 saturated carbocycles. The van der Waals surface area contributed by atoms with Gasteiger partial charge in [-0.05, 0) is 56.5 Å². The molecule has 0 aliphatic carbocycles. The van der Waals surface area contributed by atoms with Gasteiger partial charge in [0.05, 0.1) is 12.6 Å². The van der Waals surface area contributed by atoms with Crippen LogP contribution in [0.2, 0.25) is 0 Å². The number of hydrogen-bond acceptors (Lipinski definition) is 4. The van der Waals surface area contributed by atoms with E-state index in [4.69, 9.17) is 0 Å². The largest absolute Gasteiger partial charge is 0.342 e. The summed E-state index contributed by atoms with van der Waals surface area (Å²) in [5.41, 5.74) is 0.779. The second kappa shape index (κ2) is 6.92. The summed E-state index contributed by atoms with van der Waals surface area (Å²) in [5, 5.41) is 7.28. The van der Waals surface area contributed by atoms with Crippen LogP contribution in [0.15, 0.2) is 24.3 Å². The first kappa shape index (κ1) is 16.2. The highest BCUT2D eigenvalue weighted by molar-refractivity contribution is 5.78. The Kier molecular flexibility index (Phi) is 4.48. The summed E-state index contributed by atoms with van der Waals surface area (Å²) in [6.07, 6.45) is 4.23. The van der Waals surface area contributed by atoms with Gasteiger partial charge in [0.1, 0.15) is 11.6 Å². The van der Waals surface area contributed by atoms with Crippen LogP contribution in [0.3, 0.4) is 0 Å². The molecule has 4 rings (SSSR count). The minimum absolute atomic E-state index is 0.0910. The second-order valence-corrected chi connectivity index (χ2v) is 6.77. The third kappa shape index (κ3) is 3.42. The topological polar surface area (TPSA) is 65.1 Å². The number of carbonyl (C=O) groups excluding carboxylic acids is 1. The molecule has 1 amide bonds. The average Bonchev–Trinajstić information content (AvgIpc) is 3.36. The normalized spacial score (nSPS) is 21.2. The fraction of sp³-hybridized carbons (Fsp3) is 0.500. The Labute approximate surface area is 146 Å². The molecule has 6 nitrogen and oxygen atoms in total. The van der Waals surface area contributed by atoms with E-state index in [9.17, 15) is 9.18 Å². The number of amides is 1. The second-order valence-electron chi connectivity index (χ2n) is 6.77. The molecular formula is C18H22FN5O. The van der Waals surface area contributed by atoms with Crippen molar-refractivity contribution in [3.8, 4) is 11.4 Å². The highest BCUT2D eigenvalue weighted by Crippen LogP contribution is 2.30. The van der Waals surface area contributed by atoms with Crippen LogP contribution < -0.4 is 0 Å². The summed E-state index contributed by atoms with van der Waals surface area (Å²) in [4.78, 5) is 21.2. The van der Waals surface area contributed by atoms with Gasteiger partial charge in [0.2, 0.25) is 5.91 Å². The smallest absolute Gasteiger partial charge is 0.236 e. The van der Waals surface area contributed by atoms with E-state index in [1.165, 1.54) is 12.1 Å². The first-order valence-corrected chi connectivity index (χ1v) is 8.91. The molecule has 1 unspecified atom stereocenters. The van der Waals surface area contributed by atoms with Crippen molar-refractivity contribution in [2.45, 2.75) is 31.7 Å². The lowest BCUT2D eigenvalue weighted by atomic mass is 10.2. The van der Waals surface area contributed by atoms with Gasteiger partial charge in [-0.3, -0.25) is 14.8 Å². The van der Waals surface area contributed by atoms with Gasteiger partial charge >= 0.3 is 0 Å². The molecule has 2 aliphatic heterocycles. The number of aromatic amines is 1. The maximum atomic E-state index is 13.1. The lowest BCUT2D eigenvalue weighted by molar-refractivity contribution is -0.131. The summed E-state index contributed by atoms with van der Waals surface area (Å²) in [6, 6.07) is 6.24. The van der Waals surface area contributed by atoms with E-state index in [1.54, 1.807) is 12.1 Å². The third-order valence-electron chi connectivity index (χ3n) is 5.08. The zero-order valence-electron chi connectivity index (χ0n) is 14.1. The Bertz CT molecular complexity index is 738. The van der Waals surface area contributed by atoms with Crippen LogP contribution >= 0.6 is 0 Å².